The molecule has 1 fully saturated rings. The van der Waals surface area contributed by atoms with Crippen molar-refractivity contribution in [2.45, 2.75) is 44.6 Å². The maximum atomic E-state index is 6.01. The second-order valence-electron chi connectivity index (χ2n) is 6.08. The van der Waals surface area contributed by atoms with Crippen LogP contribution >= 0.6 is 0 Å². The first-order valence-electron chi connectivity index (χ1n) is 7.50. The fourth-order valence-electron chi connectivity index (χ4n) is 3.01. The molecule has 0 saturated carbocycles. The Kier molecular flexibility index (Phi) is 3.65. The molecular weight excluding hydrogens is 236 g/mol. The Morgan fingerprint density at radius 3 is 3.00 bits per heavy atom. The van der Waals surface area contributed by atoms with Gasteiger partial charge in [-0.2, -0.15) is 0 Å². The molecule has 0 aromatic heterocycles. The van der Waals surface area contributed by atoms with E-state index in [0.717, 1.165) is 25.4 Å². The van der Waals surface area contributed by atoms with E-state index < -0.39 is 0 Å². The van der Waals surface area contributed by atoms with Gasteiger partial charge < -0.3 is 15.4 Å². The summed E-state index contributed by atoms with van der Waals surface area (Å²) in [5.74, 6) is 0.988. The van der Waals surface area contributed by atoms with Crippen LogP contribution in [0.25, 0.3) is 0 Å². The summed E-state index contributed by atoms with van der Waals surface area (Å²) >= 11 is 0. The molecule has 1 unspecified atom stereocenters. The van der Waals surface area contributed by atoms with Crippen molar-refractivity contribution in [1.29, 1.82) is 0 Å². The van der Waals surface area contributed by atoms with Crippen LogP contribution in [-0.2, 0) is 6.42 Å². The Hall–Kier alpha value is -1.22. The van der Waals surface area contributed by atoms with Gasteiger partial charge in [0.1, 0.15) is 12.4 Å². The van der Waals surface area contributed by atoms with Gasteiger partial charge in [0.2, 0.25) is 0 Å². The van der Waals surface area contributed by atoms with E-state index in [1.807, 2.05) is 0 Å². The molecule has 104 valence electrons. The molecule has 1 saturated heterocycles. The molecule has 0 amide bonds. The molecule has 3 nitrogen and oxygen atoms in total. The first-order chi connectivity index (χ1) is 9.25. The molecule has 1 aromatic carbocycles. The predicted molar refractivity (Wildman–Crippen MR) is 79.0 cm³/mol. The predicted octanol–water partition coefficient (Wildman–Crippen LogP) is 2.96. The minimum atomic E-state index is 0.140. The van der Waals surface area contributed by atoms with Crippen molar-refractivity contribution in [2.75, 3.05) is 25.0 Å². The lowest BCUT2D eigenvalue weighted by Gasteiger charge is -2.34. The summed E-state index contributed by atoms with van der Waals surface area (Å²) in [4.78, 5) is 0. The number of benzene rings is 1. The molecule has 1 atom stereocenters. The number of rotatable bonds is 3. The van der Waals surface area contributed by atoms with E-state index in [4.69, 9.17) is 4.74 Å². The van der Waals surface area contributed by atoms with Gasteiger partial charge in [-0.3, -0.25) is 0 Å². The van der Waals surface area contributed by atoms with E-state index in [-0.39, 0.29) is 5.54 Å². The zero-order chi connectivity index (χ0) is 13.1. The number of hydrogen-bond acceptors (Lipinski definition) is 3. The molecule has 2 N–H and O–H groups in total. The number of aryl methyl sites for hydroxylation is 1. The smallest absolute Gasteiger partial charge is 0.121 e. The van der Waals surface area contributed by atoms with Crippen LogP contribution in [0.4, 0.5) is 5.69 Å². The van der Waals surface area contributed by atoms with Crippen LogP contribution in [0.15, 0.2) is 18.2 Å². The first kappa shape index (κ1) is 12.8. The van der Waals surface area contributed by atoms with E-state index in [1.165, 1.54) is 43.4 Å². The third-order valence-electron chi connectivity index (χ3n) is 4.28. The Morgan fingerprint density at radius 2 is 2.16 bits per heavy atom. The van der Waals surface area contributed by atoms with Crippen LogP contribution < -0.4 is 15.4 Å². The molecule has 0 aliphatic carbocycles. The molecular formula is C16H24N2O. The molecule has 1 aromatic rings. The van der Waals surface area contributed by atoms with Gasteiger partial charge in [0.25, 0.3) is 0 Å². The maximum Gasteiger partial charge on any atom is 0.121 e. The minimum absolute atomic E-state index is 0.140. The Bertz CT molecular complexity index is 438. The average Bonchev–Trinajstić information content (AvgIpc) is 2.46. The van der Waals surface area contributed by atoms with Crippen molar-refractivity contribution in [3.05, 3.63) is 23.8 Å². The van der Waals surface area contributed by atoms with Crippen molar-refractivity contribution in [1.82, 2.24) is 5.32 Å². The van der Waals surface area contributed by atoms with Gasteiger partial charge in [-0.15, -0.1) is 0 Å². The van der Waals surface area contributed by atoms with Gasteiger partial charge in [0.15, 0.2) is 0 Å². The number of anilines is 1. The highest BCUT2D eigenvalue weighted by Gasteiger charge is 2.27. The number of piperidine rings is 1. The van der Waals surface area contributed by atoms with E-state index in [0.29, 0.717) is 0 Å². The quantitative estimate of drug-likeness (QED) is 0.876. The topological polar surface area (TPSA) is 33.3 Å². The van der Waals surface area contributed by atoms with Gasteiger partial charge >= 0.3 is 0 Å². The number of ether oxygens (including phenoxy) is 1. The highest BCUT2D eigenvalue weighted by Crippen LogP contribution is 2.28. The molecule has 19 heavy (non-hydrogen) atoms. The Morgan fingerprint density at radius 1 is 1.21 bits per heavy atom. The zero-order valence-electron chi connectivity index (χ0n) is 11.8. The molecule has 2 heterocycles. The summed E-state index contributed by atoms with van der Waals surface area (Å²) < 4.78 is 6.01. The molecule has 0 radical (unpaired) electrons. The third-order valence-corrected chi connectivity index (χ3v) is 4.28. The largest absolute Gasteiger partial charge is 0.492 e. The number of nitrogens with one attached hydrogen (secondary N) is 2. The van der Waals surface area contributed by atoms with Crippen LogP contribution in [-0.4, -0.2) is 25.2 Å². The molecule has 2 aliphatic rings. The monoisotopic (exact) mass is 260 g/mol. The van der Waals surface area contributed by atoms with Crippen LogP contribution in [0.3, 0.4) is 0 Å². The van der Waals surface area contributed by atoms with Gasteiger partial charge in [0.05, 0.1) is 0 Å². The summed E-state index contributed by atoms with van der Waals surface area (Å²) in [6, 6.07) is 6.46. The van der Waals surface area contributed by atoms with E-state index >= 15 is 0 Å². The lowest BCUT2D eigenvalue weighted by molar-refractivity contribution is 0.163. The van der Waals surface area contributed by atoms with E-state index in [2.05, 4.69) is 35.8 Å². The first-order valence-corrected chi connectivity index (χ1v) is 7.50. The van der Waals surface area contributed by atoms with Crippen LogP contribution in [0.5, 0.6) is 5.75 Å². The summed E-state index contributed by atoms with van der Waals surface area (Å²) in [5.41, 5.74) is 2.81. The number of hydrogen-bond donors (Lipinski definition) is 2. The maximum absolute atomic E-state index is 6.01. The Labute approximate surface area is 115 Å². The number of fused-ring (bicyclic) bond motifs is 1. The lowest BCUT2D eigenvalue weighted by atomic mass is 9.92. The summed E-state index contributed by atoms with van der Waals surface area (Å²) in [7, 11) is 0. The molecule has 3 rings (SSSR count). The van der Waals surface area contributed by atoms with Gasteiger partial charge in [-0.05, 0) is 50.8 Å². The SMILES string of the molecule is CC1(COc2ccc3c(c2)NCCC3)CCCCN1. The van der Waals surface area contributed by atoms with Crippen molar-refractivity contribution in [3.63, 3.8) is 0 Å². The summed E-state index contributed by atoms with van der Waals surface area (Å²) in [6.07, 6.45) is 6.21. The second kappa shape index (κ2) is 5.41. The molecule has 3 heteroatoms. The van der Waals surface area contributed by atoms with Crippen LogP contribution in [0.2, 0.25) is 0 Å². The second-order valence-corrected chi connectivity index (χ2v) is 6.08. The highest BCUT2D eigenvalue weighted by atomic mass is 16.5. The van der Waals surface area contributed by atoms with Crippen molar-refractivity contribution in [2.24, 2.45) is 0 Å². The average molecular weight is 260 g/mol. The van der Waals surface area contributed by atoms with E-state index in [1.54, 1.807) is 0 Å². The third kappa shape index (κ3) is 3.03. The lowest BCUT2D eigenvalue weighted by Crippen LogP contribution is -2.50. The van der Waals surface area contributed by atoms with Crippen molar-refractivity contribution < 1.29 is 4.74 Å². The van der Waals surface area contributed by atoms with Gasteiger partial charge in [0, 0.05) is 23.8 Å². The van der Waals surface area contributed by atoms with Gasteiger partial charge in [-0.1, -0.05) is 12.5 Å². The Balaban J connectivity index is 1.63. The zero-order valence-corrected chi connectivity index (χ0v) is 11.8. The highest BCUT2D eigenvalue weighted by molar-refractivity contribution is 5.56. The van der Waals surface area contributed by atoms with Gasteiger partial charge in [-0.25, -0.2) is 0 Å². The molecule has 0 bridgehead atoms. The van der Waals surface area contributed by atoms with E-state index in [9.17, 15) is 0 Å². The van der Waals surface area contributed by atoms with Crippen molar-refractivity contribution >= 4 is 5.69 Å². The summed E-state index contributed by atoms with van der Waals surface area (Å²) in [6.45, 7) is 5.22. The minimum Gasteiger partial charge on any atom is -0.492 e. The molecule has 0 spiro atoms. The van der Waals surface area contributed by atoms with Crippen LogP contribution in [0, 0.1) is 0 Å². The van der Waals surface area contributed by atoms with Crippen molar-refractivity contribution in [3.8, 4) is 5.75 Å². The fraction of sp³-hybridized carbons (Fsp3) is 0.625. The normalized spacial score (nSPS) is 26.4. The van der Waals surface area contributed by atoms with Crippen LogP contribution in [0.1, 0.15) is 38.2 Å². The summed E-state index contributed by atoms with van der Waals surface area (Å²) in [5, 5.41) is 7.04. The standard InChI is InChI=1S/C16H24N2O/c1-16(8-2-3-10-18-16)12-19-14-7-6-13-5-4-9-17-15(13)11-14/h6-7,11,17-18H,2-5,8-10,12H2,1H3. The fourth-order valence-corrected chi connectivity index (χ4v) is 3.01. The molecule has 2 aliphatic heterocycles.